The van der Waals surface area contributed by atoms with E-state index < -0.39 is 5.60 Å². The molecule has 3 aromatic rings. The van der Waals surface area contributed by atoms with Crippen molar-refractivity contribution in [3.05, 3.63) is 40.1 Å². The van der Waals surface area contributed by atoms with E-state index in [0.29, 0.717) is 17.0 Å². The predicted octanol–water partition coefficient (Wildman–Crippen LogP) is 1.72. The number of aliphatic hydroxyl groups is 1. The van der Waals surface area contributed by atoms with Gasteiger partial charge in [-0.3, -0.25) is 9.89 Å². The van der Waals surface area contributed by atoms with Crippen LogP contribution in [0.2, 0.25) is 0 Å². The van der Waals surface area contributed by atoms with Crippen LogP contribution in [0.4, 0.5) is 0 Å². The van der Waals surface area contributed by atoms with Crippen LogP contribution in [0.3, 0.4) is 0 Å². The quantitative estimate of drug-likeness (QED) is 0.594. The number of aromatic nitrogens is 3. The Morgan fingerprint density at radius 1 is 1.52 bits per heavy atom. The Morgan fingerprint density at radius 3 is 3.13 bits per heavy atom. The van der Waals surface area contributed by atoms with Crippen molar-refractivity contribution in [2.45, 2.75) is 19.1 Å². The van der Waals surface area contributed by atoms with E-state index in [0.717, 1.165) is 21.4 Å². The Morgan fingerprint density at radius 2 is 2.39 bits per heavy atom. The molecule has 1 aliphatic heterocycles. The molecule has 23 heavy (non-hydrogen) atoms. The first-order valence-corrected chi connectivity index (χ1v) is 7.86. The number of H-pyrrole nitrogens is 2. The van der Waals surface area contributed by atoms with Gasteiger partial charge in [-0.25, -0.2) is 0 Å². The van der Waals surface area contributed by atoms with Crippen LogP contribution in [0.25, 0.3) is 20.5 Å². The van der Waals surface area contributed by atoms with Crippen LogP contribution >= 0.6 is 11.3 Å². The van der Waals surface area contributed by atoms with E-state index in [-0.39, 0.29) is 12.2 Å². The Bertz CT molecular complexity index is 1010. The molecule has 4 rings (SSSR count). The second kappa shape index (κ2) is 5.06. The molecule has 4 heterocycles. The lowest BCUT2D eigenvalue weighted by Gasteiger charge is -2.29. The zero-order chi connectivity index (χ0) is 16.0. The number of rotatable bonds is 1. The van der Waals surface area contributed by atoms with E-state index in [4.69, 9.17) is 4.74 Å². The average molecular weight is 327 g/mol. The number of thiophene rings is 1. The van der Waals surface area contributed by atoms with Crippen molar-refractivity contribution < 1.29 is 9.84 Å². The van der Waals surface area contributed by atoms with E-state index in [1.807, 2.05) is 6.07 Å². The molecule has 7 heteroatoms. The summed E-state index contributed by atoms with van der Waals surface area (Å²) in [5, 5.41) is 18.2. The van der Waals surface area contributed by atoms with Gasteiger partial charge >= 0.3 is 0 Å². The van der Waals surface area contributed by atoms with Crippen LogP contribution in [-0.4, -0.2) is 26.9 Å². The van der Waals surface area contributed by atoms with Crippen molar-refractivity contribution in [1.82, 2.24) is 15.2 Å². The van der Waals surface area contributed by atoms with Crippen molar-refractivity contribution in [3.63, 3.8) is 0 Å². The molecule has 0 aromatic carbocycles. The molecule has 3 aromatic heterocycles. The van der Waals surface area contributed by atoms with E-state index in [1.54, 1.807) is 19.3 Å². The van der Waals surface area contributed by atoms with Gasteiger partial charge in [0.1, 0.15) is 4.70 Å². The molecular formula is C16H13N3O3S. The van der Waals surface area contributed by atoms with Gasteiger partial charge in [-0.2, -0.15) is 5.10 Å². The van der Waals surface area contributed by atoms with Gasteiger partial charge in [-0.1, -0.05) is 5.92 Å². The molecule has 0 fully saturated rings. The summed E-state index contributed by atoms with van der Waals surface area (Å²) in [6.07, 6.45) is 3.49. The molecule has 116 valence electrons. The minimum atomic E-state index is -1.48. The first kappa shape index (κ1) is 14.2. The molecule has 1 aliphatic rings. The minimum Gasteiger partial charge on any atom is -0.372 e. The fourth-order valence-electron chi connectivity index (χ4n) is 2.87. The maximum absolute atomic E-state index is 12.5. The molecule has 0 saturated heterocycles. The van der Waals surface area contributed by atoms with Crippen molar-refractivity contribution >= 4 is 21.4 Å². The second-order valence-electron chi connectivity index (χ2n) is 5.38. The molecule has 0 aliphatic carbocycles. The highest BCUT2D eigenvalue weighted by Crippen LogP contribution is 2.37. The summed E-state index contributed by atoms with van der Waals surface area (Å²) in [6, 6.07) is 1.94. The van der Waals surface area contributed by atoms with E-state index in [2.05, 4.69) is 27.0 Å². The number of nitrogens with one attached hydrogen (secondary N) is 2. The normalized spacial score (nSPS) is 20.1. The summed E-state index contributed by atoms with van der Waals surface area (Å²) in [5.41, 5.74) is 0.429. The number of hydrogen-bond donors (Lipinski definition) is 3. The number of aromatic amines is 2. The van der Waals surface area contributed by atoms with Gasteiger partial charge in [-0.15, -0.1) is 17.3 Å². The minimum absolute atomic E-state index is 0.0427. The van der Waals surface area contributed by atoms with Gasteiger partial charge in [0, 0.05) is 27.6 Å². The summed E-state index contributed by atoms with van der Waals surface area (Å²) in [6.45, 7) is 2.02. The topological polar surface area (TPSA) is 91.0 Å². The van der Waals surface area contributed by atoms with Gasteiger partial charge in [0.2, 0.25) is 0 Å². The molecule has 0 unspecified atom stereocenters. The SMILES string of the molecule is CC#C[C@@]1(O)COCc2c1[nH]c(=O)c1sc(-c3cn[nH]c3)cc21. The van der Waals surface area contributed by atoms with Crippen LogP contribution in [0.1, 0.15) is 18.2 Å². The molecular weight excluding hydrogens is 314 g/mol. The third-order valence-electron chi connectivity index (χ3n) is 3.89. The largest absolute Gasteiger partial charge is 0.372 e. The Balaban J connectivity index is 2.02. The van der Waals surface area contributed by atoms with Crippen molar-refractivity contribution in [2.24, 2.45) is 0 Å². The molecule has 0 saturated carbocycles. The Hall–Kier alpha value is -2.40. The summed E-state index contributed by atoms with van der Waals surface area (Å²) < 4.78 is 6.13. The predicted molar refractivity (Wildman–Crippen MR) is 87.0 cm³/mol. The number of nitrogens with zero attached hydrogens (tertiary/aromatic N) is 1. The second-order valence-corrected chi connectivity index (χ2v) is 6.43. The smallest absolute Gasteiger partial charge is 0.266 e. The van der Waals surface area contributed by atoms with Gasteiger partial charge in [-0.05, 0) is 13.0 Å². The molecule has 1 atom stereocenters. The third kappa shape index (κ3) is 2.11. The van der Waals surface area contributed by atoms with E-state index in [1.165, 1.54) is 11.3 Å². The lowest BCUT2D eigenvalue weighted by atomic mass is 9.92. The molecule has 0 radical (unpaired) electrons. The molecule has 0 spiro atoms. The number of ether oxygens (including phenoxy) is 1. The Labute approximate surface area is 135 Å². The summed E-state index contributed by atoms with van der Waals surface area (Å²) in [4.78, 5) is 16.2. The first-order valence-electron chi connectivity index (χ1n) is 7.05. The highest BCUT2D eigenvalue weighted by Gasteiger charge is 2.36. The van der Waals surface area contributed by atoms with Gasteiger partial charge in [0.15, 0.2) is 5.60 Å². The summed E-state index contributed by atoms with van der Waals surface area (Å²) >= 11 is 1.39. The molecule has 6 nitrogen and oxygen atoms in total. The van der Waals surface area contributed by atoms with Crippen molar-refractivity contribution in [1.29, 1.82) is 0 Å². The zero-order valence-electron chi connectivity index (χ0n) is 12.3. The van der Waals surface area contributed by atoms with Gasteiger partial charge in [0.25, 0.3) is 5.56 Å². The van der Waals surface area contributed by atoms with Crippen LogP contribution < -0.4 is 5.56 Å². The molecule has 0 bridgehead atoms. The highest BCUT2D eigenvalue weighted by molar-refractivity contribution is 7.22. The first-order chi connectivity index (χ1) is 11.1. The highest BCUT2D eigenvalue weighted by atomic mass is 32.1. The van der Waals surface area contributed by atoms with Crippen LogP contribution in [-0.2, 0) is 16.9 Å². The number of pyridine rings is 1. The fourth-order valence-corrected chi connectivity index (χ4v) is 3.94. The number of fused-ring (bicyclic) bond motifs is 3. The lowest BCUT2D eigenvalue weighted by Crippen LogP contribution is -2.38. The maximum atomic E-state index is 12.5. The average Bonchev–Trinajstić information content (AvgIpc) is 3.18. The van der Waals surface area contributed by atoms with E-state index >= 15 is 0 Å². The van der Waals surface area contributed by atoms with E-state index in [9.17, 15) is 9.90 Å². The fraction of sp³-hybridized carbons (Fsp3) is 0.250. The lowest BCUT2D eigenvalue weighted by molar-refractivity contribution is -0.0369. The van der Waals surface area contributed by atoms with Crippen LogP contribution in [0, 0.1) is 11.8 Å². The third-order valence-corrected chi connectivity index (χ3v) is 5.07. The van der Waals surface area contributed by atoms with Gasteiger partial charge < -0.3 is 14.8 Å². The van der Waals surface area contributed by atoms with Crippen molar-refractivity contribution in [2.75, 3.05) is 6.61 Å². The molecule has 3 N–H and O–H groups in total. The maximum Gasteiger partial charge on any atom is 0.266 e. The number of hydrogen-bond acceptors (Lipinski definition) is 5. The summed E-state index contributed by atoms with van der Waals surface area (Å²) in [7, 11) is 0. The zero-order valence-corrected chi connectivity index (χ0v) is 13.1. The standard InChI is InChI=1S/C16H13N3O3S/c1-2-3-16(21)8-22-7-11-10-4-12(9-5-17-18-6-9)23-13(10)15(20)19-14(11)16/h4-6,21H,7-8H2,1H3,(H,17,18)(H,19,20)/t16-/m1/s1. The molecule has 0 amide bonds. The van der Waals surface area contributed by atoms with Crippen molar-refractivity contribution in [3.8, 4) is 22.3 Å². The van der Waals surface area contributed by atoms with Crippen LogP contribution in [0.5, 0.6) is 0 Å². The summed E-state index contributed by atoms with van der Waals surface area (Å²) in [5.74, 6) is 5.44. The van der Waals surface area contributed by atoms with Crippen LogP contribution in [0.15, 0.2) is 23.3 Å². The van der Waals surface area contributed by atoms with Gasteiger partial charge in [0.05, 0.1) is 25.1 Å². The monoisotopic (exact) mass is 327 g/mol. The Kier molecular flexibility index (Phi) is 3.13.